The molecular formula is C18H20F3N3O. The third-order valence-electron chi connectivity index (χ3n) is 4.29. The van der Waals surface area contributed by atoms with Crippen LogP contribution in [-0.2, 0) is 6.18 Å². The number of benzene rings is 1. The highest BCUT2D eigenvalue weighted by molar-refractivity contribution is 5.95. The summed E-state index contributed by atoms with van der Waals surface area (Å²) in [5, 5.41) is 6.05. The highest BCUT2D eigenvalue weighted by atomic mass is 19.4. The quantitative estimate of drug-likeness (QED) is 0.784. The van der Waals surface area contributed by atoms with E-state index in [4.69, 9.17) is 0 Å². The number of amides is 1. The zero-order valence-electron chi connectivity index (χ0n) is 13.9. The largest absolute Gasteiger partial charge is 0.418 e. The average Bonchev–Trinajstić information content (AvgIpc) is 3.41. The first-order chi connectivity index (χ1) is 11.9. The molecule has 0 unspecified atom stereocenters. The molecule has 4 nitrogen and oxygen atoms in total. The maximum Gasteiger partial charge on any atom is 0.418 e. The predicted octanol–water partition coefficient (Wildman–Crippen LogP) is 3.47. The van der Waals surface area contributed by atoms with Gasteiger partial charge < -0.3 is 10.6 Å². The molecule has 1 aromatic heterocycles. The van der Waals surface area contributed by atoms with Crippen molar-refractivity contribution in [2.45, 2.75) is 31.4 Å². The molecule has 134 valence electrons. The Labute approximate surface area is 143 Å². The van der Waals surface area contributed by atoms with Crippen LogP contribution in [0, 0.1) is 0 Å². The van der Waals surface area contributed by atoms with Crippen LogP contribution in [0.5, 0.6) is 0 Å². The summed E-state index contributed by atoms with van der Waals surface area (Å²) in [6.07, 6.45) is -1.93. The van der Waals surface area contributed by atoms with Crippen LogP contribution in [0.2, 0.25) is 0 Å². The van der Waals surface area contributed by atoms with Gasteiger partial charge in [-0.05, 0) is 62.5 Å². The molecule has 25 heavy (non-hydrogen) atoms. The summed E-state index contributed by atoms with van der Waals surface area (Å²) in [5.74, 6) is -0.252. The lowest BCUT2D eigenvalue weighted by Crippen LogP contribution is -2.27. The highest BCUT2D eigenvalue weighted by Gasteiger charge is 2.36. The Bertz CT molecular complexity index is 785. The van der Waals surface area contributed by atoms with E-state index in [1.54, 1.807) is 19.2 Å². The number of hydrogen-bond acceptors (Lipinski definition) is 3. The van der Waals surface area contributed by atoms with Gasteiger partial charge in [0, 0.05) is 11.9 Å². The smallest absolute Gasteiger partial charge is 0.351 e. The first-order valence-electron chi connectivity index (χ1n) is 8.35. The third kappa shape index (κ3) is 4.10. The molecule has 1 aliphatic carbocycles. The third-order valence-corrected chi connectivity index (χ3v) is 4.29. The van der Waals surface area contributed by atoms with Crippen molar-refractivity contribution in [1.82, 2.24) is 15.6 Å². The second-order valence-corrected chi connectivity index (χ2v) is 6.32. The van der Waals surface area contributed by atoms with Crippen molar-refractivity contribution < 1.29 is 18.0 Å². The predicted molar refractivity (Wildman–Crippen MR) is 89.6 cm³/mol. The van der Waals surface area contributed by atoms with Crippen molar-refractivity contribution >= 4 is 16.8 Å². The molecule has 0 radical (unpaired) electrons. The Balaban J connectivity index is 1.93. The lowest BCUT2D eigenvalue weighted by molar-refractivity contribution is -0.136. The van der Waals surface area contributed by atoms with Crippen molar-refractivity contribution in [1.29, 1.82) is 0 Å². The molecule has 1 aliphatic rings. The van der Waals surface area contributed by atoms with Gasteiger partial charge in [-0.2, -0.15) is 13.2 Å². The molecule has 0 atom stereocenters. The fourth-order valence-corrected chi connectivity index (χ4v) is 2.81. The van der Waals surface area contributed by atoms with Gasteiger partial charge in [0.25, 0.3) is 5.91 Å². The first kappa shape index (κ1) is 17.7. The molecule has 0 saturated heterocycles. The van der Waals surface area contributed by atoms with Crippen molar-refractivity contribution in [3.63, 3.8) is 0 Å². The Morgan fingerprint density at radius 1 is 1.24 bits per heavy atom. The monoisotopic (exact) mass is 351 g/mol. The van der Waals surface area contributed by atoms with E-state index in [2.05, 4.69) is 15.6 Å². The first-order valence-corrected chi connectivity index (χ1v) is 8.35. The van der Waals surface area contributed by atoms with Crippen LogP contribution in [0.1, 0.15) is 46.8 Å². The van der Waals surface area contributed by atoms with Crippen molar-refractivity contribution in [3.05, 3.63) is 41.1 Å². The molecule has 0 aliphatic heterocycles. The van der Waals surface area contributed by atoms with Crippen LogP contribution < -0.4 is 10.6 Å². The van der Waals surface area contributed by atoms with E-state index in [1.807, 2.05) is 0 Å². The number of aromatic nitrogens is 1. The van der Waals surface area contributed by atoms with Gasteiger partial charge in [0.2, 0.25) is 0 Å². The molecule has 3 rings (SSSR count). The van der Waals surface area contributed by atoms with Gasteiger partial charge in [-0.15, -0.1) is 0 Å². The lowest BCUT2D eigenvalue weighted by Gasteiger charge is -2.13. The molecule has 1 fully saturated rings. The molecule has 1 saturated carbocycles. The minimum atomic E-state index is -4.50. The minimum Gasteiger partial charge on any atom is -0.351 e. The van der Waals surface area contributed by atoms with Gasteiger partial charge in [-0.1, -0.05) is 6.07 Å². The number of fused-ring (bicyclic) bond motifs is 1. The number of hydrogen-bond donors (Lipinski definition) is 2. The fourth-order valence-electron chi connectivity index (χ4n) is 2.81. The second kappa shape index (κ2) is 7.00. The molecule has 0 bridgehead atoms. The van der Waals surface area contributed by atoms with Crippen LogP contribution in [0.4, 0.5) is 13.2 Å². The maximum atomic E-state index is 13.5. The summed E-state index contributed by atoms with van der Waals surface area (Å²) in [4.78, 5) is 16.1. The molecule has 2 N–H and O–H groups in total. The zero-order valence-corrected chi connectivity index (χ0v) is 13.9. The molecule has 0 spiro atoms. The van der Waals surface area contributed by atoms with Gasteiger partial charge in [0.1, 0.15) is 5.69 Å². The van der Waals surface area contributed by atoms with Crippen LogP contribution in [-0.4, -0.2) is 31.0 Å². The van der Waals surface area contributed by atoms with Gasteiger partial charge in [0.05, 0.1) is 11.1 Å². The van der Waals surface area contributed by atoms with Crippen LogP contribution in [0.25, 0.3) is 10.9 Å². The minimum absolute atomic E-state index is 0.00151. The van der Waals surface area contributed by atoms with Gasteiger partial charge in [-0.3, -0.25) is 4.79 Å². The van der Waals surface area contributed by atoms with E-state index in [0.29, 0.717) is 17.5 Å². The summed E-state index contributed by atoms with van der Waals surface area (Å²) in [6, 6.07) is 5.96. The van der Waals surface area contributed by atoms with Crippen LogP contribution in [0.15, 0.2) is 24.3 Å². The second-order valence-electron chi connectivity index (χ2n) is 6.32. The maximum absolute atomic E-state index is 13.5. The van der Waals surface area contributed by atoms with E-state index in [-0.39, 0.29) is 17.1 Å². The summed E-state index contributed by atoms with van der Waals surface area (Å²) in [5.41, 5.74) is -0.232. The summed E-state index contributed by atoms with van der Waals surface area (Å²) < 4.78 is 40.4. The normalized spacial score (nSPS) is 14.7. The van der Waals surface area contributed by atoms with Crippen molar-refractivity contribution in [2.75, 3.05) is 20.1 Å². The molecule has 1 aromatic carbocycles. The number of alkyl halides is 3. The zero-order chi connectivity index (χ0) is 18.0. The molecule has 1 heterocycles. The number of rotatable bonds is 6. The van der Waals surface area contributed by atoms with E-state index in [1.165, 1.54) is 12.1 Å². The Hall–Kier alpha value is -2.15. The SMILES string of the molecule is CNCCCNC(=O)c1ccc2cc(C3CC3)cc(C(F)(F)F)c2n1. The molecule has 7 heteroatoms. The Kier molecular flexibility index (Phi) is 4.94. The number of nitrogens with zero attached hydrogens (tertiary/aromatic N) is 1. The number of halogens is 3. The van der Waals surface area contributed by atoms with E-state index in [9.17, 15) is 18.0 Å². The lowest BCUT2D eigenvalue weighted by atomic mass is 10.0. The van der Waals surface area contributed by atoms with E-state index >= 15 is 0 Å². The fraction of sp³-hybridized carbons (Fsp3) is 0.444. The van der Waals surface area contributed by atoms with Gasteiger partial charge >= 0.3 is 6.18 Å². The number of pyridine rings is 1. The van der Waals surface area contributed by atoms with Crippen molar-refractivity contribution in [3.8, 4) is 0 Å². The molecule has 1 amide bonds. The Morgan fingerprint density at radius 3 is 2.64 bits per heavy atom. The summed E-state index contributed by atoms with van der Waals surface area (Å²) in [6.45, 7) is 1.18. The molecular weight excluding hydrogens is 331 g/mol. The Morgan fingerprint density at radius 2 is 2.00 bits per heavy atom. The van der Waals surface area contributed by atoms with Gasteiger partial charge in [0.15, 0.2) is 0 Å². The highest BCUT2D eigenvalue weighted by Crippen LogP contribution is 2.44. The van der Waals surface area contributed by atoms with E-state index < -0.39 is 17.6 Å². The topological polar surface area (TPSA) is 54.0 Å². The number of carbonyl (C=O) groups is 1. The number of nitrogens with one attached hydrogen (secondary N) is 2. The van der Waals surface area contributed by atoms with Gasteiger partial charge in [-0.25, -0.2) is 4.98 Å². The van der Waals surface area contributed by atoms with Crippen molar-refractivity contribution in [2.24, 2.45) is 0 Å². The average molecular weight is 351 g/mol. The van der Waals surface area contributed by atoms with Crippen LogP contribution >= 0.6 is 0 Å². The number of carbonyl (C=O) groups excluding carboxylic acids is 1. The molecule has 2 aromatic rings. The summed E-state index contributed by atoms with van der Waals surface area (Å²) >= 11 is 0. The standard InChI is InChI=1S/C18H20F3N3O/c1-22-7-2-8-23-17(25)15-6-5-12-9-13(11-3-4-11)10-14(16(12)24-15)18(19,20)21/h5-6,9-11,22H,2-4,7-8H2,1H3,(H,23,25). The van der Waals surface area contributed by atoms with Crippen LogP contribution in [0.3, 0.4) is 0 Å². The summed E-state index contributed by atoms with van der Waals surface area (Å²) in [7, 11) is 1.81. The van der Waals surface area contributed by atoms with E-state index in [0.717, 1.165) is 25.8 Å².